The summed E-state index contributed by atoms with van der Waals surface area (Å²) < 4.78 is 50.8. The Balaban J connectivity index is -0.000000200. The SMILES string of the molecule is NOS(=O)(=O)CCO.O.O=S(=O)(O)CCO. The topological polar surface area (TPSA) is 196 Å². The molecule has 0 aromatic heterocycles. The van der Waals surface area contributed by atoms with Gasteiger partial charge in [0.15, 0.2) is 0 Å². The van der Waals surface area contributed by atoms with Gasteiger partial charge in [0.1, 0.15) is 5.75 Å². The van der Waals surface area contributed by atoms with Crippen LogP contribution in [0.5, 0.6) is 0 Å². The van der Waals surface area contributed by atoms with E-state index in [0.29, 0.717) is 0 Å². The van der Waals surface area contributed by atoms with Crippen molar-refractivity contribution in [3.8, 4) is 0 Å². The van der Waals surface area contributed by atoms with Crippen LogP contribution in [0.1, 0.15) is 0 Å². The van der Waals surface area contributed by atoms with E-state index in [2.05, 4.69) is 10.2 Å². The normalized spacial score (nSPS) is 11.0. The molecule has 0 rings (SSSR count). The molecule has 0 aromatic carbocycles. The first-order valence-corrected chi connectivity index (χ1v) is 6.65. The Hall–Kier alpha value is -0.340. The molecule has 7 N–H and O–H groups in total. The van der Waals surface area contributed by atoms with Gasteiger partial charge in [-0.05, 0) is 0 Å². The molecule has 0 aliphatic carbocycles. The monoisotopic (exact) mass is 285 g/mol. The number of aliphatic hydroxyl groups is 2. The van der Waals surface area contributed by atoms with Crippen molar-refractivity contribution in [2.24, 2.45) is 5.90 Å². The van der Waals surface area contributed by atoms with Gasteiger partial charge in [-0.3, -0.25) is 4.55 Å². The summed E-state index contributed by atoms with van der Waals surface area (Å²) in [6, 6.07) is 0. The van der Waals surface area contributed by atoms with E-state index in [4.69, 9.17) is 14.8 Å². The largest absolute Gasteiger partial charge is 0.412 e. The van der Waals surface area contributed by atoms with E-state index in [9.17, 15) is 16.8 Å². The Kier molecular flexibility index (Phi) is 12.9. The predicted molar refractivity (Wildman–Crippen MR) is 53.3 cm³/mol. The molecule has 0 saturated carbocycles. The standard InChI is InChI=1S/C2H7NO4S.C2H6O4S.H2O/c3-7-8(5,6)2-1-4;3-1-2-7(4,5)6;/h4H,1-3H2;3H,1-2H2,(H,4,5,6);1H2. The van der Waals surface area contributed by atoms with E-state index < -0.39 is 45.0 Å². The minimum atomic E-state index is -3.92. The van der Waals surface area contributed by atoms with Gasteiger partial charge in [-0.2, -0.15) is 27.0 Å². The van der Waals surface area contributed by atoms with Crippen molar-refractivity contribution < 1.29 is 41.4 Å². The maximum Gasteiger partial charge on any atom is 0.285 e. The fraction of sp³-hybridized carbons (Fsp3) is 1.00. The third kappa shape index (κ3) is 19.3. The number of aliphatic hydroxyl groups excluding tert-OH is 2. The smallest absolute Gasteiger partial charge is 0.285 e. The van der Waals surface area contributed by atoms with Gasteiger partial charge in [0.2, 0.25) is 0 Å². The molecule has 102 valence electrons. The molecule has 0 fully saturated rings. The lowest BCUT2D eigenvalue weighted by Gasteiger charge is -1.93. The Bertz CT molecular complexity index is 333. The molecule has 0 radical (unpaired) electrons. The van der Waals surface area contributed by atoms with Gasteiger partial charge in [-0.1, -0.05) is 0 Å². The first kappa shape index (κ1) is 21.0. The summed E-state index contributed by atoms with van der Waals surface area (Å²) in [4.78, 5) is 0. The van der Waals surface area contributed by atoms with Crippen LogP contribution in [0, 0.1) is 0 Å². The van der Waals surface area contributed by atoms with Gasteiger partial charge in [-0.25, -0.2) is 0 Å². The molecular weight excluding hydrogens is 270 g/mol. The van der Waals surface area contributed by atoms with E-state index in [-0.39, 0.29) is 5.48 Å². The lowest BCUT2D eigenvalue weighted by molar-refractivity contribution is 0.296. The van der Waals surface area contributed by atoms with Crippen LogP contribution in [-0.4, -0.2) is 61.8 Å². The van der Waals surface area contributed by atoms with Gasteiger partial charge in [0, 0.05) is 0 Å². The molecule has 0 heterocycles. The summed E-state index contributed by atoms with van der Waals surface area (Å²) in [6.07, 6.45) is 0. The minimum absolute atomic E-state index is 0. The van der Waals surface area contributed by atoms with Crippen molar-refractivity contribution in [1.29, 1.82) is 0 Å². The third-order valence-corrected chi connectivity index (χ3v) is 2.51. The minimum Gasteiger partial charge on any atom is -0.412 e. The average Bonchev–Trinajstić information content (AvgIpc) is 2.03. The molecule has 0 atom stereocenters. The molecule has 0 bridgehead atoms. The number of hydrogen-bond acceptors (Lipinski definition) is 8. The van der Waals surface area contributed by atoms with Crippen LogP contribution >= 0.6 is 0 Å². The zero-order valence-corrected chi connectivity index (χ0v) is 9.74. The van der Waals surface area contributed by atoms with E-state index in [0.717, 1.165) is 0 Å². The molecule has 0 amide bonds. The molecule has 0 aliphatic heterocycles. The zero-order valence-electron chi connectivity index (χ0n) is 8.11. The molecule has 0 spiro atoms. The molecular formula is C4H15NO9S2. The highest BCUT2D eigenvalue weighted by Gasteiger charge is 2.05. The van der Waals surface area contributed by atoms with Crippen LogP contribution in [-0.2, 0) is 24.5 Å². The highest BCUT2D eigenvalue weighted by Crippen LogP contribution is 1.83. The molecule has 0 aliphatic rings. The van der Waals surface area contributed by atoms with E-state index in [1.807, 2.05) is 0 Å². The van der Waals surface area contributed by atoms with Crippen LogP contribution < -0.4 is 5.90 Å². The predicted octanol–water partition coefficient (Wildman–Crippen LogP) is -3.76. The molecule has 10 nitrogen and oxygen atoms in total. The number of nitrogens with two attached hydrogens (primary N) is 1. The Morgan fingerprint density at radius 1 is 1.00 bits per heavy atom. The quantitative estimate of drug-likeness (QED) is 0.289. The first-order valence-electron chi connectivity index (χ1n) is 3.46. The average molecular weight is 285 g/mol. The summed E-state index contributed by atoms with van der Waals surface area (Å²) in [5.41, 5.74) is 0. The van der Waals surface area contributed by atoms with Gasteiger partial charge in [0.05, 0.1) is 19.0 Å². The summed E-state index contributed by atoms with van der Waals surface area (Å²) >= 11 is 0. The zero-order chi connectivity index (χ0) is 12.5. The fourth-order valence-electron chi connectivity index (χ4n) is 0.275. The van der Waals surface area contributed by atoms with Gasteiger partial charge in [0.25, 0.3) is 20.2 Å². The van der Waals surface area contributed by atoms with Crippen molar-refractivity contribution in [3.05, 3.63) is 0 Å². The second-order valence-corrected chi connectivity index (χ2v) is 5.38. The lowest BCUT2D eigenvalue weighted by Crippen LogP contribution is -2.16. The molecule has 0 aromatic rings. The van der Waals surface area contributed by atoms with Crippen LogP contribution in [0.2, 0.25) is 0 Å². The van der Waals surface area contributed by atoms with Crippen molar-refractivity contribution >= 4 is 20.2 Å². The van der Waals surface area contributed by atoms with Gasteiger partial charge >= 0.3 is 0 Å². The number of hydrogen-bond donors (Lipinski definition) is 4. The van der Waals surface area contributed by atoms with Crippen molar-refractivity contribution in [2.45, 2.75) is 0 Å². The maximum absolute atomic E-state index is 10.1. The molecule has 0 unspecified atom stereocenters. The van der Waals surface area contributed by atoms with Gasteiger partial charge in [-0.15, -0.1) is 0 Å². The summed E-state index contributed by atoms with van der Waals surface area (Å²) in [5.74, 6) is 3.26. The molecule has 0 saturated heterocycles. The number of rotatable bonds is 5. The highest BCUT2D eigenvalue weighted by atomic mass is 32.2. The summed E-state index contributed by atoms with van der Waals surface area (Å²) in [7, 11) is -7.57. The van der Waals surface area contributed by atoms with E-state index >= 15 is 0 Å². The van der Waals surface area contributed by atoms with E-state index in [1.165, 1.54) is 0 Å². The lowest BCUT2D eigenvalue weighted by atomic mass is 10.9. The van der Waals surface area contributed by atoms with Gasteiger partial charge < -0.3 is 15.7 Å². The van der Waals surface area contributed by atoms with Crippen molar-refractivity contribution in [2.75, 3.05) is 24.7 Å². The second-order valence-electron chi connectivity index (χ2n) is 2.09. The Morgan fingerprint density at radius 2 is 1.38 bits per heavy atom. The fourth-order valence-corrected chi connectivity index (χ4v) is 0.826. The molecule has 12 heteroatoms. The maximum atomic E-state index is 10.1. The first-order chi connectivity index (χ1) is 6.68. The highest BCUT2D eigenvalue weighted by molar-refractivity contribution is 7.86. The second kappa shape index (κ2) is 9.86. The van der Waals surface area contributed by atoms with Crippen LogP contribution in [0.15, 0.2) is 0 Å². The van der Waals surface area contributed by atoms with Crippen molar-refractivity contribution in [1.82, 2.24) is 0 Å². The van der Waals surface area contributed by atoms with Crippen LogP contribution in [0.3, 0.4) is 0 Å². The summed E-state index contributed by atoms with van der Waals surface area (Å²) in [6.45, 7) is -1.00. The summed E-state index contributed by atoms with van der Waals surface area (Å²) in [5, 5.41) is 15.9. The van der Waals surface area contributed by atoms with E-state index in [1.54, 1.807) is 0 Å². The third-order valence-electron chi connectivity index (χ3n) is 0.837. The van der Waals surface area contributed by atoms with Crippen LogP contribution in [0.25, 0.3) is 0 Å². The molecule has 16 heavy (non-hydrogen) atoms. The Morgan fingerprint density at radius 3 is 1.44 bits per heavy atom. The Labute approximate surface area is 92.8 Å². The van der Waals surface area contributed by atoms with Crippen LogP contribution in [0.4, 0.5) is 0 Å². The van der Waals surface area contributed by atoms with Crippen molar-refractivity contribution in [3.63, 3.8) is 0 Å².